The lowest BCUT2D eigenvalue weighted by atomic mass is 9.93. The maximum Gasteiger partial charge on any atom is 0.257 e. The van der Waals surface area contributed by atoms with Gasteiger partial charge in [0.25, 0.3) is 5.91 Å². The van der Waals surface area contributed by atoms with E-state index < -0.39 is 11.7 Å². The van der Waals surface area contributed by atoms with Crippen molar-refractivity contribution in [3.63, 3.8) is 0 Å². The highest BCUT2D eigenvalue weighted by Crippen LogP contribution is 2.38. The molecule has 0 saturated carbocycles. The average molecular weight is 485 g/mol. The van der Waals surface area contributed by atoms with Gasteiger partial charge in [0.15, 0.2) is 0 Å². The van der Waals surface area contributed by atoms with Crippen molar-refractivity contribution >= 4 is 34.8 Å². The zero-order valence-electron chi connectivity index (χ0n) is 18.5. The van der Waals surface area contributed by atoms with Crippen molar-refractivity contribution in [1.82, 2.24) is 9.80 Å². The summed E-state index contributed by atoms with van der Waals surface area (Å²) >= 11 is 7.80. The van der Waals surface area contributed by atoms with E-state index in [2.05, 4.69) is 11.4 Å². The van der Waals surface area contributed by atoms with Crippen molar-refractivity contribution in [2.75, 3.05) is 19.6 Å². The first-order valence-electron chi connectivity index (χ1n) is 11.1. The molecule has 1 aliphatic heterocycles. The van der Waals surface area contributed by atoms with Crippen LogP contribution in [0.4, 0.5) is 4.39 Å². The van der Waals surface area contributed by atoms with Gasteiger partial charge in [0.1, 0.15) is 12.4 Å². The molecule has 33 heavy (non-hydrogen) atoms. The first-order chi connectivity index (χ1) is 16.0. The largest absolute Gasteiger partial charge is 0.330 e. The number of carbonyl (C=O) groups excluding carboxylic acids is 2. The number of benzene rings is 2. The molecular formula is C26H26ClFN2O2S. The first-order valence-corrected chi connectivity index (χ1v) is 12.4. The smallest absolute Gasteiger partial charge is 0.257 e. The fourth-order valence-corrected chi connectivity index (χ4v) is 5.28. The monoisotopic (exact) mass is 484 g/mol. The van der Waals surface area contributed by atoms with Gasteiger partial charge in [0.2, 0.25) is 5.91 Å². The Balaban J connectivity index is 1.62. The molecule has 0 bridgehead atoms. The molecule has 172 valence electrons. The molecule has 4 rings (SSSR count). The number of rotatable bonds is 7. The van der Waals surface area contributed by atoms with Crippen LogP contribution in [0, 0.1) is 5.82 Å². The van der Waals surface area contributed by atoms with E-state index in [9.17, 15) is 14.0 Å². The summed E-state index contributed by atoms with van der Waals surface area (Å²) in [4.78, 5) is 31.3. The topological polar surface area (TPSA) is 40.6 Å². The minimum absolute atomic E-state index is 0.00517. The third-order valence-corrected chi connectivity index (χ3v) is 7.22. The van der Waals surface area contributed by atoms with Crippen LogP contribution >= 0.6 is 22.9 Å². The summed E-state index contributed by atoms with van der Waals surface area (Å²) in [5.41, 5.74) is 2.09. The maximum atomic E-state index is 14.3. The number of carbonyl (C=O) groups is 2. The fourth-order valence-electron chi connectivity index (χ4n) is 4.25. The molecule has 0 spiro atoms. The highest BCUT2D eigenvalue weighted by molar-refractivity contribution is 7.10. The number of hydrogen-bond acceptors (Lipinski definition) is 3. The van der Waals surface area contributed by atoms with Gasteiger partial charge in [0, 0.05) is 23.0 Å². The minimum atomic E-state index is -0.573. The van der Waals surface area contributed by atoms with Crippen molar-refractivity contribution in [1.29, 1.82) is 0 Å². The lowest BCUT2D eigenvalue weighted by Crippen LogP contribution is -2.47. The van der Waals surface area contributed by atoms with E-state index in [0.717, 1.165) is 30.4 Å². The Morgan fingerprint density at radius 2 is 1.91 bits per heavy atom. The molecule has 4 nitrogen and oxygen atoms in total. The number of hydrogen-bond donors (Lipinski definition) is 0. The molecule has 0 aliphatic carbocycles. The van der Waals surface area contributed by atoms with E-state index in [1.54, 1.807) is 23.5 Å². The molecule has 0 fully saturated rings. The standard InChI is InChI=1S/C26H26ClFN2O2S/c1-2-3-14-29(26(32)20-6-4-5-7-22(20)28)17-24(31)30-15-12-23-21(13-16-33-23)25(30)18-8-10-19(27)11-9-18/h4-11,13,16,25H,2-3,12,14-15,17H2,1H3. The molecule has 7 heteroatoms. The van der Waals surface area contributed by atoms with Crippen LogP contribution in [-0.4, -0.2) is 41.2 Å². The predicted octanol–water partition coefficient (Wildman–Crippen LogP) is 5.96. The predicted molar refractivity (Wildman–Crippen MR) is 130 cm³/mol. The number of thiophene rings is 1. The normalized spacial score (nSPS) is 15.2. The molecule has 3 aromatic rings. The number of fused-ring (bicyclic) bond motifs is 1. The maximum absolute atomic E-state index is 14.3. The van der Waals surface area contributed by atoms with Crippen molar-refractivity contribution in [2.45, 2.75) is 32.2 Å². The highest BCUT2D eigenvalue weighted by atomic mass is 35.5. The lowest BCUT2D eigenvalue weighted by molar-refractivity contribution is -0.134. The van der Waals surface area contributed by atoms with Gasteiger partial charge < -0.3 is 9.80 Å². The third-order valence-electron chi connectivity index (χ3n) is 5.97. The van der Waals surface area contributed by atoms with Crippen molar-refractivity contribution in [3.05, 3.63) is 92.4 Å². The van der Waals surface area contributed by atoms with Gasteiger partial charge in [-0.15, -0.1) is 11.3 Å². The van der Waals surface area contributed by atoms with E-state index >= 15 is 0 Å². The van der Waals surface area contributed by atoms with Gasteiger partial charge >= 0.3 is 0 Å². The molecular weight excluding hydrogens is 459 g/mol. The Bertz CT molecular complexity index is 1130. The quantitative estimate of drug-likeness (QED) is 0.415. The summed E-state index contributed by atoms with van der Waals surface area (Å²) in [5, 5.41) is 2.69. The van der Waals surface area contributed by atoms with Gasteiger partial charge in [-0.2, -0.15) is 0 Å². The molecule has 1 atom stereocenters. The van der Waals surface area contributed by atoms with Crippen LogP contribution in [0.2, 0.25) is 5.02 Å². The summed E-state index contributed by atoms with van der Waals surface area (Å²) in [6, 6.07) is 15.3. The Morgan fingerprint density at radius 1 is 1.15 bits per heavy atom. The van der Waals surface area contributed by atoms with Crippen LogP contribution in [0.15, 0.2) is 60.0 Å². The molecule has 1 unspecified atom stereocenters. The number of amides is 2. The number of unbranched alkanes of at least 4 members (excludes halogenated alkanes) is 1. The average Bonchev–Trinajstić information content (AvgIpc) is 3.30. The molecule has 2 heterocycles. The number of halogens is 2. The van der Waals surface area contributed by atoms with E-state index in [-0.39, 0.29) is 24.1 Å². The van der Waals surface area contributed by atoms with Gasteiger partial charge in [-0.05, 0) is 59.7 Å². The molecule has 0 N–H and O–H groups in total. The van der Waals surface area contributed by atoms with Crippen LogP contribution < -0.4 is 0 Å². The van der Waals surface area contributed by atoms with Crippen LogP contribution in [0.25, 0.3) is 0 Å². The molecule has 0 radical (unpaired) electrons. The summed E-state index contributed by atoms with van der Waals surface area (Å²) in [6.07, 6.45) is 2.38. The number of nitrogens with zero attached hydrogens (tertiary/aromatic N) is 2. The zero-order valence-corrected chi connectivity index (χ0v) is 20.0. The van der Waals surface area contributed by atoms with Crippen molar-refractivity contribution in [2.24, 2.45) is 0 Å². The summed E-state index contributed by atoms with van der Waals surface area (Å²) in [5.74, 6) is -1.17. The SMILES string of the molecule is CCCCN(CC(=O)N1CCc2sccc2C1c1ccc(Cl)cc1)C(=O)c1ccccc1F. The van der Waals surface area contributed by atoms with Crippen LogP contribution in [0.3, 0.4) is 0 Å². The Hall–Kier alpha value is -2.70. The van der Waals surface area contributed by atoms with Crippen LogP contribution in [0.1, 0.15) is 52.2 Å². The minimum Gasteiger partial charge on any atom is -0.330 e. The van der Waals surface area contributed by atoms with Crippen molar-refractivity contribution < 1.29 is 14.0 Å². The lowest BCUT2D eigenvalue weighted by Gasteiger charge is -2.37. The zero-order chi connectivity index (χ0) is 23.4. The van der Waals surface area contributed by atoms with E-state index in [1.807, 2.05) is 36.1 Å². The summed E-state index contributed by atoms with van der Waals surface area (Å²) in [6.45, 7) is 2.90. The van der Waals surface area contributed by atoms with Gasteiger partial charge in [-0.1, -0.05) is 49.2 Å². The van der Waals surface area contributed by atoms with Gasteiger partial charge in [-0.25, -0.2) is 4.39 Å². The van der Waals surface area contributed by atoms with Crippen LogP contribution in [0.5, 0.6) is 0 Å². The van der Waals surface area contributed by atoms with E-state index in [0.29, 0.717) is 18.1 Å². The molecule has 2 amide bonds. The Labute approximate surface area is 202 Å². The Kier molecular flexibility index (Phi) is 7.46. The third kappa shape index (κ3) is 5.12. The van der Waals surface area contributed by atoms with E-state index in [4.69, 9.17) is 11.6 Å². The molecule has 0 saturated heterocycles. The Morgan fingerprint density at radius 3 is 2.64 bits per heavy atom. The second-order valence-electron chi connectivity index (χ2n) is 8.15. The summed E-state index contributed by atoms with van der Waals surface area (Å²) in [7, 11) is 0. The first kappa shape index (κ1) is 23.5. The van der Waals surface area contributed by atoms with E-state index in [1.165, 1.54) is 21.9 Å². The fraction of sp³-hybridized carbons (Fsp3) is 0.308. The highest BCUT2D eigenvalue weighted by Gasteiger charge is 2.34. The second kappa shape index (κ2) is 10.5. The molecule has 2 aromatic carbocycles. The molecule has 1 aliphatic rings. The second-order valence-corrected chi connectivity index (χ2v) is 9.59. The summed E-state index contributed by atoms with van der Waals surface area (Å²) < 4.78 is 14.3. The van der Waals surface area contributed by atoms with Gasteiger partial charge in [0.05, 0.1) is 11.6 Å². The van der Waals surface area contributed by atoms with Crippen molar-refractivity contribution in [3.8, 4) is 0 Å². The molecule has 1 aromatic heterocycles. The van der Waals surface area contributed by atoms with Crippen LogP contribution in [-0.2, 0) is 11.2 Å². The van der Waals surface area contributed by atoms with Gasteiger partial charge in [-0.3, -0.25) is 9.59 Å².